The van der Waals surface area contributed by atoms with Crippen LogP contribution in [-0.2, 0) is 6.54 Å². The standard InChI is InChI=1S/C13H19N3O2/c1-8(2)13-16-15-12(18-13)7-14-10(4)11-6-5-9(3)17-11/h5-6,8,10,14H,7H2,1-4H3/t10-/m0/s1. The monoisotopic (exact) mass is 249 g/mol. The summed E-state index contributed by atoms with van der Waals surface area (Å²) >= 11 is 0. The summed E-state index contributed by atoms with van der Waals surface area (Å²) in [6.07, 6.45) is 0. The van der Waals surface area contributed by atoms with Crippen LogP contribution in [-0.4, -0.2) is 10.2 Å². The Labute approximate surface area is 107 Å². The van der Waals surface area contributed by atoms with Crippen LogP contribution in [0.5, 0.6) is 0 Å². The van der Waals surface area contributed by atoms with E-state index >= 15 is 0 Å². The molecule has 0 unspecified atom stereocenters. The molecule has 2 aromatic rings. The lowest BCUT2D eigenvalue weighted by Gasteiger charge is -2.08. The topological polar surface area (TPSA) is 64.1 Å². The van der Waals surface area contributed by atoms with Gasteiger partial charge in [0.15, 0.2) is 0 Å². The predicted octanol–water partition coefficient (Wildman–Crippen LogP) is 2.95. The quantitative estimate of drug-likeness (QED) is 0.882. The lowest BCUT2D eigenvalue weighted by Crippen LogP contribution is -2.17. The van der Waals surface area contributed by atoms with E-state index in [1.54, 1.807) is 0 Å². The molecule has 0 saturated carbocycles. The van der Waals surface area contributed by atoms with Crippen LogP contribution in [0.15, 0.2) is 21.0 Å². The zero-order valence-corrected chi connectivity index (χ0v) is 11.2. The molecule has 0 aromatic carbocycles. The second kappa shape index (κ2) is 5.35. The van der Waals surface area contributed by atoms with Crippen LogP contribution in [0.2, 0.25) is 0 Å². The minimum atomic E-state index is 0.119. The molecule has 0 aliphatic heterocycles. The Kier molecular flexibility index (Phi) is 3.81. The number of aromatic nitrogens is 2. The molecule has 2 aromatic heterocycles. The third kappa shape index (κ3) is 2.98. The van der Waals surface area contributed by atoms with E-state index in [0.717, 1.165) is 11.5 Å². The molecule has 2 rings (SSSR count). The van der Waals surface area contributed by atoms with Crippen LogP contribution >= 0.6 is 0 Å². The van der Waals surface area contributed by atoms with Crippen LogP contribution in [0.25, 0.3) is 0 Å². The second-order valence-electron chi connectivity index (χ2n) is 4.74. The Balaban J connectivity index is 1.90. The van der Waals surface area contributed by atoms with Crippen LogP contribution in [0.1, 0.15) is 56.0 Å². The second-order valence-corrected chi connectivity index (χ2v) is 4.74. The molecule has 2 heterocycles. The van der Waals surface area contributed by atoms with Crippen molar-refractivity contribution in [3.8, 4) is 0 Å². The molecule has 0 amide bonds. The summed E-state index contributed by atoms with van der Waals surface area (Å²) in [6, 6.07) is 4.05. The Morgan fingerprint density at radius 1 is 1.17 bits per heavy atom. The normalized spacial score (nSPS) is 13.2. The molecule has 1 atom stereocenters. The Morgan fingerprint density at radius 3 is 2.50 bits per heavy atom. The summed E-state index contributed by atoms with van der Waals surface area (Å²) in [5, 5.41) is 11.3. The number of furan rings is 1. The molecule has 5 nitrogen and oxygen atoms in total. The van der Waals surface area contributed by atoms with Gasteiger partial charge in [-0.3, -0.25) is 5.32 Å². The van der Waals surface area contributed by atoms with Gasteiger partial charge in [-0.2, -0.15) is 0 Å². The lowest BCUT2D eigenvalue weighted by atomic mass is 10.2. The van der Waals surface area contributed by atoms with Crippen LogP contribution in [0.3, 0.4) is 0 Å². The highest BCUT2D eigenvalue weighted by molar-refractivity contribution is 5.08. The average Bonchev–Trinajstić information content (AvgIpc) is 2.94. The van der Waals surface area contributed by atoms with Crippen molar-refractivity contribution in [2.75, 3.05) is 0 Å². The van der Waals surface area contributed by atoms with Crippen molar-refractivity contribution >= 4 is 0 Å². The minimum Gasteiger partial charge on any atom is -0.465 e. The molecule has 18 heavy (non-hydrogen) atoms. The van der Waals surface area contributed by atoms with Gasteiger partial charge in [0.1, 0.15) is 11.5 Å². The average molecular weight is 249 g/mol. The van der Waals surface area contributed by atoms with Gasteiger partial charge in [-0.05, 0) is 26.0 Å². The highest BCUT2D eigenvalue weighted by Gasteiger charge is 2.12. The van der Waals surface area contributed by atoms with Gasteiger partial charge in [-0.25, -0.2) is 0 Å². The smallest absolute Gasteiger partial charge is 0.230 e. The summed E-state index contributed by atoms with van der Waals surface area (Å²) in [5.41, 5.74) is 0. The first-order valence-electron chi connectivity index (χ1n) is 6.18. The molecule has 0 saturated heterocycles. The summed E-state index contributed by atoms with van der Waals surface area (Å²) in [6.45, 7) is 8.57. The van der Waals surface area contributed by atoms with Gasteiger partial charge in [-0.1, -0.05) is 13.8 Å². The third-order valence-electron chi connectivity index (χ3n) is 2.72. The highest BCUT2D eigenvalue weighted by Crippen LogP contribution is 2.16. The lowest BCUT2D eigenvalue weighted by molar-refractivity contribution is 0.379. The maximum atomic E-state index is 5.55. The van der Waals surface area contributed by atoms with E-state index in [1.165, 1.54) is 0 Å². The van der Waals surface area contributed by atoms with Gasteiger partial charge in [0, 0.05) is 5.92 Å². The molecule has 0 bridgehead atoms. The summed E-state index contributed by atoms with van der Waals surface area (Å²) in [4.78, 5) is 0. The van der Waals surface area contributed by atoms with Crippen molar-refractivity contribution in [2.24, 2.45) is 0 Å². The van der Waals surface area contributed by atoms with Gasteiger partial charge in [0.25, 0.3) is 0 Å². The number of nitrogens with one attached hydrogen (secondary N) is 1. The summed E-state index contributed by atoms with van der Waals surface area (Å²) < 4.78 is 11.1. The van der Waals surface area contributed by atoms with Gasteiger partial charge in [0.05, 0.1) is 12.6 Å². The van der Waals surface area contributed by atoms with Gasteiger partial charge in [0.2, 0.25) is 11.8 Å². The number of nitrogens with zero attached hydrogens (tertiary/aromatic N) is 2. The zero-order valence-electron chi connectivity index (χ0n) is 11.2. The van der Waals surface area contributed by atoms with E-state index in [4.69, 9.17) is 8.83 Å². The number of hydrogen-bond donors (Lipinski definition) is 1. The zero-order chi connectivity index (χ0) is 13.1. The molecular weight excluding hydrogens is 230 g/mol. The van der Waals surface area contributed by atoms with Crippen molar-refractivity contribution < 1.29 is 8.83 Å². The first-order chi connectivity index (χ1) is 8.56. The largest absolute Gasteiger partial charge is 0.465 e. The molecule has 98 valence electrons. The Hall–Kier alpha value is -1.62. The molecule has 0 radical (unpaired) electrons. The van der Waals surface area contributed by atoms with Crippen molar-refractivity contribution in [1.82, 2.24) is 15.5 Å². The van der Waals surface area contributed by atoms with E-state index in [1.807, 2.05) is 39.8 Å². The van der Waals surface area contributed by atoms with Gasteiger partial charge >= 0.3 is 0 Å². The highest BCUT2D eigenvalue weighted by atomic mass is 16.4. The molecule has 0 aliphatic carbocycles. The Bertz CT molecular complexity index is 502. The molecule has 5 heteroatoms. The number of hydrogen-bond acceptors (Lipinski definition) is 5. The number of rotatable bonds is 5. The van der Waals surface area contributed by atoms with E-state index in [0.29, 0.717) is 18.3 Å². The van der Waals surface area contributed by atoms with E-state index < -0.39 is 0 Å². The third-order valence-corrected chi connectivity index (χ3v) is 2.72. The molecular formula is C13H19N3O2. The SMILES string of the molecule is Cc1ccc([C@H](C)NCc2nnc(C(C)C)o2)o1. The first-order valence-corrected chi connectivity index (χ1v) is 6.18. The van der Waals surface area contributed by atoms with Crippen LogP contribution < -0.4 is 5.32 Å². The van der Waals surface area contributed by atoms with Crippen molar-refractivity contribution in [1.29, 1.82) is 0 Å². The molecule has 0 fully saturated rings. The van der Waals surface area contributed by atoms with Crippen molar-refractivity contribution in [3.05, 3.63) is 35.4 Å². The molecule has 0 spiro atoms. The molecule has 0 aliphatic rings. The van der Waals surface area contributed by atoms with E-state index in [9.17, 15) is 0 Å². The fourth-order valence-corrected chi connectivity index (χ4v) is 1.60. The fraction of sp³-hybridized carbons (Fsp3) is 0.538. The van der Waals surface area contributed by atoms with E-state index in [2.05, 4.69) is 15.5 Å². The molecule has 1 N–H and O–H groups in total. The Morgan fingerprint density at radius 2 is 1.94 bits per heavy atom. The maximum Gasteiger partial charge on any atom is 0.230 e. The van der Waals surface area contributed by atoms with Gasteiger partial charge in [-0.15, -0.1) is 10.2 Å². The van der Waals surface area contributed by atoms with E-state index in [-0.39, 0.29) is 12.0 Å². The van der Waals surface area contributed by atoms with Crippen molar-refractivity contribution in [2.45, 2.75) is 46.2 Å². The summed E-state index contributed by atoms with van der Waals surface area (Å²) in [5.74, 6) is 3.37. The predicted molar refractivity (Wildman–Crippen MR) is 67.1 cm³/mol. The summed E-state index contributed by atoms with van der Waals surface area (Å²) in [7, 11) is 0. The van der Waals surface area contributed by atoms with Gasteiger partial charge < -0.3 is 8.83 Å². The number of aryl methyl sites for hydroxylation is 1. The van der Waals surface area contributed by atoms with Crippen LogP contribution in [0, 0.1) is 6.92 Å². The first kappa shape index (κ1) is 12.8. The fourth-order valence-electron chi connectivity index (χ4n) is 1.60. The van der Waals surface area contributed by atoms with Crippen molar-refractivity contribution in [3.63, 3.8) is 0 Å². The minimum absolute atomic E-state index is 0.119. The maximum absolute atomic E-state index is 5.55. The van der Waals surface area contributed by atoms with Crippen LogP contribution in [0.4, 0.5) is 0 Å².